The van der Waals surface area contributed by atoms with Crippen molar-refractivity contribution in [2.45, 2.75) is 45.9 Å². The van der Waals surface area contributed by atoms with E-state index in [-0.39, 0.29) is 18.0 Å². The van der Waals surface area contributed by atoms with Gasteiger partial charge in [0, 0.05) is 45.4 Å². The maximum Gasteiger partial charge on any atom is 0.191 e. The summed E-state index contributed by atoms with van der Waals surface area (Å²) in [5.74, 6) is 0.539. The van der Waals surface area contributed by atoms with Crippen molar-refractivity contribution in [3.63, 3.8) is 0 Å². The molecule has 0 amide bonds. The van der Waals surface area contributed by atoms with Gasteiger partial charge in [-0.3, -0.25) is 0 Å². The molecule has 0 spiro atoms. The third-order valence-electron chi connectivity index (χ3n) is 5.79. The monoisotopic (exact) mass is 435 g/mol. The first kappa shape index (κ1) is 23.8. The topological polar surface area (TPSA) is 61.4 Å². The van der Waals surface area contributed by atoms with E-state index in [1.54, 1.807) is 6.07 Å². The molecule has 2 atom stereocenters. The number of anilines is 1. The zero-order valence-corrected chi connectivity index (χ0v) is 19.2. The van der Waals surface area contributed by atoms with Gasteiger partial charge in [-0.05, 0) is 44.5 Å². The maximum atomic E-state index is 14.8. The van der Waals surface area contributed by atoms with Gasteiger partial charge in [-0.25, -0.2) is 9.38 Å². The number of nitrogens with one attached hydrogen (secondary N) is 2. The second-order valence-electron chi connectivity index (χ2n) is 8.27. The first-order valence-corrected chi connectivity index (χ1v) is 11.6. The number of rotatable bonds is 9. The van der Waals surface area contributed by atoms with Crippen LogP contribution in [0.15, 0.2) is 23.2 Å². The summed E-state index contributed by atoms with van der Waals surface area (Å²) in [7, 11) is 0. The van der Waals surface area contributed by atoms with E-state index < -0.39 is 0 Å². The summed E-state index contributed by atoms with van der Waals surface area (Å²) in [6, 6.07) is 5.59. The fraction of sp³-hybridized carbons (Fsp3) is 0.696. The number of likely N-dealkylation sites (N-methyl/N-ethyl adjacent to an activating group) is 1. The normalized spacial score (nSPS) is 21.4. The summed E-state index contributed by atoms with van der Waals surface area (Å²) >= 11 is 0. The Balaban J connectivity index is 1.53. The molecule has 0 radical (unpaired) electrons. The zero-order chi connectivity index (χ0) is 22.1. The van der Waals surface area contributed by atoms with E-state index in [1.807, 2.05) is 19.1 Å². The Morgan fingerprint density at radius 3 is 2.74 bits per heavy atom. The van der Waals surface area contributed by atoms with Gasteiger partial charge in [0.2, 0.25) is 0 Å². The highest BCUT2D eigenvalue weighted by Crippen LogP contribution is 2.22. The molecule has 2 N–H and O–H groups in total. The molecule has 0 saturated carbocycles. The largest absolute Gasteiger partial charge is 0.379 e. The molecule has 2 unspecified atom stereocenters. The van der Waals surface area contributed by atoms with Crippen molar-refractivity contribution >= 4 is 11.6 Å². The SMILES string of the molecule is CCNC(=NCc1ccc(N2CCN(CC)CC2)c(F)c1)NC(C)COC1CCOC1. The zero-order valence-electron chi connectivity index (χ0n) is 19.2. The van der Waals surface area contributed by atoms with Gasteiger partial charge >= 0.3 is 0 Å². The molecule has 31 heavy (non-hydrogen) atoms. The molecule has 2 heterocycles. The quantitative estimate of drug-likeness (QED) is 0.458. The third kappa shape index (κ3) is 7.33. The van der Waals surface area contributed by atoms with Crippen LogP contribution in [0, 0.1) is 5.82 Å². The first-order valence-electron chi connectivity index (χ1n) is 11.6. The van der Waals surface area contributed by atoms with Crippen LogP contribution in [0.2, 0.25) is 0 Å². The van der Waals surface area contributed by atoms with Crippen molar-refractivity contribution in [2.75, 3.05) is 64.0 Å². The predicted octanol–water partition coefficient (Wildman–Crippen LogP) is 2.22. The van der Waals surface area contributed by atoms with E-state index in [1.165, 1.54) is 0 Å². The average Bonchev–Trinajstić information content (AvgIpc) is 3.30. The Morgan fingerprint density at radius 1 is 1.29 bits per heavy atom. The van der Waals surface area contributed by atoms with Crippen LogP contribution in [0.3, 0.4) is 0 Å². The summed E-state index contributed by atoms with van der Waals surface area (Å²) in [6.45, 7) is 14.2. The Hall–Kier alpha value is -1.90. The van der Waals surface area contributed by atoms with Crippen molar-refractivity contribution in [1.82, 2.24) is 15.5 Å². The molecular weight excluding hydrogens is 397 g/mol. The second-order valence-corrected chi connectivity index (χ2v) is 8.27. The van der Waals surface area contributed by atoms with E-state index in [9.17, 15) is 4.39 Å². The molecule has 0 aromatic heterocycles. The highest BCUT2D eigenvalue weighted by Gasteiger charge is 2.19. The summed E-state index contributed by atoms with van der Waals surface area (Å²) in [4.78, 5) is 9.16. The molecule has 1 aromatic rings. The molecule has 0 aliphatic carbocycles. The van der Waals surface area contributed by atoms with E-state index in [4.69, 9.17) is 9.47 Å². The molecule has 2 aliphatic rings. The number of hydrogen-bond acceptors (Lipinski definition) is 5. The van der Waals surface area contributed by atoms with Crippen LogP contribution in [-0.4, -0.2) is 82.1 Å². The minimum atomic E-state index is -0.170. The second kappa shape index (κ2) is 12.2. The molecule has 2 fully saturated rings. The van der Waals surface area contributed by atoms with E-state index in [0.29, 0.717) is 31.4 Å². The number of guanidine groups is 1. The lowest BCUT2D eigenvalue weighted by Crippen LogP contribution is -2.46. The van der Waals surface area contributed by atoms with Crippen LogP contribution in [0.4, 0.5) is 10.1 Å². The summed E-state index contributed by atoms with van der Waals surface area (Å²) in [5.41, 5.74) is 1.55. The number of benzene rings is 1. The fourth-order valence-corrected chi connectivity index (χ4v) is 3.90. The average molecular weight is 436 g/mol. The molecular formula is C23H38FN5O2. The van der Waals surface area contributed by atoms with Crippen LogP contribution in [0.25, 0.3) is 0 Å². The predicted molar refractivity (Wildman–Crippen MR) is 123 cm³/mol. The van der Waals surface area contributed by atoms with Crippen molar-refractivity contribution in [2.24, 2.45) is 4.99 Å². The van der Waals surface area contributed by atoms with Crippen LogP contribution < -0.4 is 15.5 Å². The van der Waals surface area contributed by atoms with Gasteiger partial charge < -0.3 is 29.9 Å². The standard InChI is InChI=1S/C23H38FN5O2/c1-4-25-23(27-18(3)16-31-20-8-13-30-17-20)26-15-19-6-7-22(21(24)14-19)29-11-9-28(5-2)10-12-29/h6-7,14,18,20H,4-5,8-13,15-17H2,1-3H3,(H2,25,26,27). The van der Waals surface area contributed by atoms with E-state index in [0.717, 1.165) is 57.9 Å². The Labute approximate surface area is 186 Å². The number of ether oxygens (including phenoxy) is 2. The lowest BCUT2D eigenvalue weighted by atomic mass is 10.1. The number of hydrogen-bond donors (Lipinski definition) is 2. The van der Waals surface area contributed by atoms with Crippen molar-refractivity contribution in [3.8, 4) is 0 Å². The fourth-order valence-electron chi connectivity index (χ4n) is 3.90. The lowest BCUT2D eigenvalue weighted by Gasteiger charge is -2.35. The Bertz CT molecular complexity index is 703. The van der Waals surface area contributed by atoms with Crippen LogP contribution in [0.1, 0.15) is 32.8 Å². The van der Waals surface area contributed by atoms with E-state index >= 15 is 0 Å². The molecule has 1 aromatic carbocycles. The summed E-state index contributed by atoms with van der Waals surface area (Å²) in [5, 5.41) is 6.62. The number of piperazine rings is 1. The summed E-state index contributed by atoms with van der Waals surface area (Å²) < 4.78 is 26.0. The van der Waals surface area contributed by atoms with Crippen molar-refractivity contribution in [3.05, 3.63) is 29.6 Å². The third-order valence-corrected chi connectivity index (χ3v) is 5.79. The van der Waals surface area contributed by atoms with Gasteiger partial charge in [0.05, 0.1) is 31.5 Å². The van der Waals surface area contributed by atoms with Gasteiger partial charge in [-0.15, -0.1) is 0 Å². The molecule has 2 saturated heterocycles. The lowest BCUT2D eigenvalue weighted by molar-refractivity contribution is 0.0347. The minimum absolute atomic E-state index is 0.110. The van der Waals surface area contributed by atoms with Gasteiger partial charge in [0.25, 0.3) is 0 Å². The molecule has 3 rings (SSSR count). The first-order chi connectivity index (χ1) is 15.1. The minimum Gasteiger partial charge on any atom is -0.379 e. The smallest absolute Gasteiger partial charge is 0.191 e. The molecule has 2 aliphatic heterocycles. The van der Waals surface area contributed by atoms with Crippen LogP contribution in [0.5, 0.6) is 0 Å². The number of aliphatic imine (C=N–C) groups is 1. The van der Waals surface area contributed by atoms with Gasteiger partial charge in [-0.2, -0.15) is 0 Å². The highest BCUT2D eigenvalue weighted by molar-refractivity contribution is 5.80. The molecule has 0 bridgehead atoms. The Kier molecular flexibility index (Phi) is 9.36. The van der Waals surface area contributed by atoms with Crippen molar-refractivity contribution < 1.29 is 13.9 Å². The molecule has 174 valence electrons. The number of halogens is 1. The highest BCUT2D eigenvalue weighted by atomic mass is 19.1. The summed E-state index contributed by atoms with van der Waals surface area (Å²) in [6.07, 6.45) is 1.15. The van der Waals surface area contributed by atoms with Gasteiger partial charge in [-0.1, -0.05) is 13.0 Å². The Morgan fingerprint density at radius 2 is 2.10 bits per heavy atom. The van der Waals surface area contributed by atoms with Crippen LogP contribution in [-0.2, 0) is 16.0 Å². The van der Waals surface area contributed by atoms with Crippen molar-refractivity contribution in [1.29, 1.82) is 0 Å². The van der Waals surface area contributed by atoms with Gasteiger partial charge in [0.15, 0.2) is 5.96 Å². The van der Waals surface area contributed by atoms with E-state index in [2.05, 4.69) is 39.3 Å². The van der Waals surface area contributed by atoms with Crippen LogP contribution >= 0.6 is 0 Å². The molecule has 8 heteroatoms. The number of nitrogens with zero attached hydrogens (tertiary/aromatic N) is 3. The molecule has 7 nitrogen and oxygen atoms in total. The van der Waals surface area contributed by atoms with Gasteiger partial charge in [0.1, 0.15) is 5.82 Å². The maximum absolute atomic E-state index is 14.8.